The number of benzene rings is 1. The van der Waals surface area contributed by atoms with Crippen LogP contribution < -0.4 is 5.46 Å². The maximum absolute atomic E-state index is 10.5. The van der Waals surface area contributed by atoms with Crippen LogP contribution >= 0.6 is 0 Å². The Kier molecular flexibility index (Phi) is 4.55. The highest BCUT2D eigenvalue weighted by molar-refractivity contribution is 6.65. The molecule has 3 rings (SSSR count). The number of nitrogens with zero attached hydrogens (tertiary/aromatic N) is 1. The highest BCUT2D eigenvalue weighted by Crippen LogP contribution is 2.37. The second kappa shape index (κ2) is 6.09. The fourth-order valence-electron chi connectivity index (χ4n) is 3.21. The van der Waals surface area contributed by atoms with Crippen molar-refractivity contribution in [2.24, 2.45) is 0 Å². The molecule has 1 atom stereocenters. The predicted octanol–water partition coefficient (Wildman–Crippen LogP) is 3.51. The number of hydrogen-bond donors (Lipinski definition) is 1. The Labute approximate surface area is 156 Å². The molecule has 26 heavy (non-hydrogen) atoms. The lowest BCUT2D eigenvalue weighted by Gasteiger charge is -2.32. The molecule has 0 amide bonds. The molecule has 1 fully saturated rings. The van der Waals surface area contributed by atoms with E-state index in [4.69, 9.17) is 14.0 Å². The van der Waals surface area contributed by atoms with Gasteiger partial charge in [-0.3, -0.25) is 4.57 Å². The molecule has 0 bridgehead atoms. The van der Waals surface area contributed by atoms with E-state index in [9.17, 15) is 5.11 Å². The molecular formula is C20H30BNO4. The fraction of sp³-hybridized carbons (Fsp3) is 0.600. The lowest BCUT2D eigenvalue weighted by Crippen LogP contribution is -2.41. The number of aryl methyl sites for hydroxylation is 1. The average Bonchev–Trinajstić information content (AvgIpc) is 2.95. The quantitative estimate of drug-likeness (QED) is 0.673. The molecule has 5 nitrogen and oxygen atoms in total. The van der Waals surface area contributed by atoms with E-state index in [1.807, 2.05) is 45.2 Å². The Bertz CT molecular complexity index is 803. The zero-order chi connectivity index (χ0) is 19.5. The topological polar surface area (TPSA) is 52.9 Å². The van der Waals surface area contributed by atoms with Crippen LogP contribution in [0.2, 0.25) is 0 Å². The van der Waals surface area contributed by atoms with Gasteiger partial charge in [0.1, 0.15) is 0 Å². The van der Waals surface area contributed by atoms with Gasteiger partial charge < -0.3 is 19.2 Å². The van der Waals surface area contributed by atoms with Gasteiger partial charge in [0, 0.05) is 6.20 Å². The lowest BCUT2D eigenvalue weighted by atomic mass is 9.74. The van der Waals surface area contributed by atoms with E-state index in [-0.39, 0.29) is 0 Å². The number of ether oxygens (including phenoxy) is 1. The van der Waals surface area contributed by atoms with Gasteiger partial charge in [0.05, 0.1) is 22.3 Å². The molecule has 0 aliphatic carbocycles. The summed E-state index contributed by atoms with van der Waals surface area (Å²) in [5.41, 5.74) is 1.74. The first-order chi connectivity index (χ1) is 11.8. The average molecular weight is 359 g/mol. The Morgan fingerprint density at radius 1 is 1.08 bits per heavy atom. The third-order valence-electron chi connectivity index (χ3n) is 5.35. The summed E-state index contributed by atoms with van der Waals surface area (Å²) in [5.74, 6) is 0. The molecule has 0 spiro atoms. The number of rotatable bonds is 3. The van der Waals surface area contributed by atoms with Crippen LogP contribution in [0.3, 0.4) is 0 Å². The summed E-state index contributed by atoms with van der Waals surface area (Å²) in [7, 11) is -0.444. The SMILES string of the molecule is Cc1ccc2c(ccn2C(O)OC(C)(C)C)c1B1OC(C)(C)C(C)(C)O1. The molecule has 142 valence electrons. The van der Waals surface area contributed by atoms with E-state index in [1.54, 1.807) is 4.57 Å². The Morgan fingerprint density at radius 3 is 2.19 bits per heavy atom. The minimum Gasteiger partial charge on any atom is -0.399 e. The molecule has 1 aliphatic rings. The molecule has 6 heteroatoms. The normalized spacial score (nSPS) is 20.7. The van der Waals surface area contributed by atoms with Crippen LogP contribution in [-0.2, 0) is 14.0 Å². The summed E-state index contributed by atoms with van der Waals surface area (Å²) in [6, 6.07) is 6.01. The second-order valence-electron chi connectivity index (χ2n) is 9.10. The Balaban J connectivity index is 2.04. The molecule has 2 heterocycles. The van der Waals surface area contributed by atoms with Crippen molar-refractivity contribution >= 4 is 23.5 Å². The maximum Gasteiger partial charge on any atom is 0.495 e. The van der Waals surface area contributed by atoms with E-state index in [1.165, 1.54) is 0 Å². The smallest absolute Gasteiger partial charge is 0.399 e. The van der Waals surface area contributed by atoms with Gasteiger partial charge in [-0.2, -0.15) is 0 Å². The van der Waals surface area contributed by atoms with Crippen molar-refractivity contribution in [1.29, 1.82) is 0 Å². The van der Waals surface area contributed by atoms with Gasteiger partial charge in [-0.05, 0) is 78.4 Å². The third kappa shape index (κ3) is 3.31. The third-order valence-corrected chi connectivity index (χ3v) is 5.35. The zero-order valence-corrected chi connectivity index (χ0v) is 17.1. The molecule has 2 aromatic rings. The van der Waals surface area contributed by atoms with Crippen molar-refractivity contribution in [3.63, 3.8) is 0 Å². The van der Waals surface area contributed by atoms with Crippen LogP contribution in [0.5, 0.6) is 0 Å². The first-order valence-electron chi connectivity index (χ1n) is 9.14. The largest absolute Gasteiger partial charge is 0.495 e. The summed E-state index contributed by atoms with van der Waals surface area (Å²) < 4.78 is 20.0. The van der Waals surface area contributed by atoms with Crippen LogP contribution in [0.15, 0.2) is 24.4 Å². The van der Waals surface area contributed by atoms with E-state index < -0.39 is 30.3 Å². The molecule has 0 radical (unpaired) electrons. The van der Waals surface area contributed by atoms with Gasteiger partial charge in [0.15, 0.2) is 0 Å². The minimum atomic E-state index is -1.05. The van der Waals surface area contributed by atoms with Crippen molar-refractivity contribution in [3.8, 4) is 0 Å². The number of aliphatic hydroxyl groups is 1. The molecule has 1 aliphatic heterocycles. The highest BCUT2D eigenvalue weighted by Gasteiger charge is 2.52. The van der Waals surface area contributed by atoms with Crippen LogP contribution in [0.1, 0.15) is 60.4 Å². The van der Waals surface area contributed by atoms with E-state index in [0.717, 1.165) is 21.9 Å². The van der Waals surface area contributed by atoms with Crippen molar-refractivity contribution < 1.29 is 19.2 Å². The number of aromatic nitrogens is 1. The van der Waals surface area contributed by atoms with Crippen molar-refractivity contribution in [2.45, 2.75) is 78.6 Å². The van der Waals surface area contributed by atoms with Gasteiger partial charge in [-0.15, -0.1) is 0 Å². The minimum absolute atomic E-state index is 0.399. The molecule has 1 aromatic heterocycles. The summed E-state index contributed by atoms with van der Waals surface area (Å²) in [4.78, 5) is 0. The maximum atomic E-state index is 10.5. The van der Waals surface area contributed by atoms with Crippen LogP contribution in [-0.4, -0.2) is 33.6 Å². The highest BCUT2D eigenvalue weighted by atomic mass is 16.7. The molecular weight excluding hydrogens is 329 g/mol. The molecule has 1 aromatic carbocycles. The van der Waals surface area contributed by atoms with Gasteiger partial charge in [-0.1, -0.05) is 11.6 Å². The zero-order valence-electron chi connectivity index (χ0n) is 17.1. The molecule has 1 unspecified atom stereocenters. The van der Waals surface area contributed by atoms with Crippen LogP contribution in [0.25, 0.3) is 10.9 Å². The Hall–Kier alpha value is -1.34. The van der Waals surface area contributed by atoms with E-state index in [0.29, 0.717) is 0 Å². The Morgan fingerprint density at radius 2 is 1.65 bits per heavy atom. The van der Waals surface area contributed by atoms with Gasteiger partial charge >= 0.3 is 7.12 Å². The van der Waals surface area contributed by atoms with Crippen molar-refractivity contribution in [2.75, 3.05) is 0 Å². The summed E-state index contributed by atoms with van der Waals surface area (Å²) in [6.07, 6.45) is 0.788. The summed E-state index contributed by atoms with van der Waals surface area (Å²) in [6.45, 7) is 16.0. The van der Waals surface area contributed by atoms with Gasteiger partial charge in [0.25, 0.3) is 0 Å². The number of fused-ring (bicyclic) bond motifs is 1. The molecule has 1 saturated heterocycles. The van der Waals surface area contributed by atoms with Crippen molar-refractivity contribution in [3.05, 3.63) is 30.0 Å². The van der Waals surface area contributed by atoms with Crippen molar-refractivity contribution in [1.82, 2.24) is 4.57 Å². The van der Waals surface area contributed by atoms with Gasteiger partial charge in [0.2, 0.25) is 6.41 Å². The fourth-order valence-corrected chi connectivity index (χ4v) is 3.21. The van der Waals surface area contributed by atoms with E-state index in [2.05, 4.69) is 34.6 Å². The van der Waals surface area contributed by atoms with Crippen LogP contribution in [0.4, 0.5) is 0 Å². The van der Waals surface area contributed by atoms with E-state index >= 15 is 0 Å². The predicted molar refractivity (Wildman–Crippen MR) is 104 cm³/mol. The summed E-state index contributed by atoms with van der Waals surface area (Å²) in [5, 5.41) is 11.5. The second-order valence-corrected chi connectivity index (χ2v) is 9.10. The summed E-state index contributed by atoms with van der Waals surface area (Å²) >= 11 is 0. The molecule has 1 N–H and O–H groups in total. The van der Waals surface area contributed by atoms with Crippen LogP contribution in [0, 0.1) is 6.92 Å². The first kappa shape index (κ1) is 19.4. The first-order valence-corrected chi connectivity index (χ1v) is 9.14. The molecule has 0 saturated carbocycles. The standard InChI is InChI=1S/C20H30BNO4/c1-13-9-10-15-14(11-12-22(15)17(23)24-18(2,3)4)16(13)21-25-19(5,6)20(7,8)26-21/h9-12,17,23H,1-8H3. The number of hydrogen-bond acceptors (Lipinski definition) is 4. The number of aliphatic hydroxyl groups excluding tert-OH is 1. The van der Waals surface area contributed by atoms with Gasteiger partial charge in [-0.25, -0.2) is 0 Å². The monoisotopic (exact) mass is 359 g/mol. The lowest BCUT2D eigenvalue weighted by molar-refractivity contribution is -0.207.